The molecule has 0 bridgehead atoms. The van der Waals surface area contributed by atoms with Gasteiger partial charge >= 0.3 is 0 Å². The van der Waals surface area contributed by atoms with Crippen LogP contribution in [0.25, 0.3) is 0 Å². The molecule has 1 rings (SSSR count). The number of hydrogen-bond acceptors (Lipinski definition) is 1. The number of nitrogens with one attached hydrogen (secondary N) is 1. The van der Waals surface area contributed by atoms with Gasteiger partial charge in [-0.2, -0.15) is 0 Å². The molecule has 16 heavy (non-hydrogen) atoms. The fourth-order valence-electron chi connectivity index (χ4n) is 0.953. The average molecular weight is 351 g/mol. The third kappa shape index (κ3) is 2.11. The van der Waals surface area contributed by atoms with E-state index < -0.39 is 40.6 Å². The Morgan fingerprint density at radius 1 is 0.938 bits per heavy atom. The molecule has 0 aliphatic carbocycles. The van der Waals surface area contributed by atoms with E-state index in [1.165, 1.54) is 0 Å². The fraction of sp³-hybridized carbons (Fsp3) is 0.125. The van der Waals surface area contributed by atoms with Crippen LogP contribution < -0.4 is 5.32 Å². The normalized spacial score (nSPS) is 10.4. The van der Waals surface area contributed by atoms with Crippen LogP contribution in [0.15, 0.2) is 0 Å². The largest absolute Gasteiger partial charge is 0.343 e. The van der Waals surface area contributed by atoms with E-state index in [1.54, 1.807) is 22.6 Å². The van der Waals surface area contributed by atoms with Crippen molar-refractivity contribution < 1.29 is 26.7 Å². The van der Waals surface area contributed by atoms with Crippen molar-refractivity contribution in [3.05, 3.63) is 34.6 Å². The van der Waals surface area contributed by atoms with Gasteiger partial charge in [-0.25, -0.2) is 22.0 Å². The van der Waals surface area contributed by atoms with E-state index in [0.717, 1.165) is 0 Å². The maximum atomic E-state index is 13.0. The van der Waals surface area contributed by atoms with E-state index in [4.69, 9.17) is 0 Å². The number of carbonyl (C=O) groups excluding carboxylic acids is 1. The Labute approximate surface area is 100.0 Å². The molecule has 1 aromatic carbocycles. The van der Waals surface area contributed by atoms with E-state index in [9.17, 15) is 26.7 Å². The average Bonchev–Trinajstić information content (AvgIpc) is 2.24. The number of rotatable bonds is 2. The summed E-state index contributed by atoms with van der Waals surface area (Å²) in [5.41, 5.74) is -1.48. The minimum Gasteiger partial charge on any atom is -0.343 e. The summed E-state index contributed by atoms with van der Waals surface area (Å²) in [4.78, 5) is 11.1. The van der Waals surface area contributed by atoms with Gasteiger partial charge < -0.3 is 5.32 Å². The van der Waals surface area contributed by atoms with Gasteiger partial charge in [-0.15, -0.1) is 0 Å². The maximum absolute atomic E-state index is 13.0. The summed E-state index contributed by atoms with van der Waals surface area (Å²) in [6.07, 6.45) is 0. The molecule has 1 aromatic rings. The molecule has 0 fully saturated rings. The first-order valence-electron chi connectivity index (χ1n) is 3.77. The van der Waals surface area contributed by atoms with Crippen LogP contribution >= 0.6 is 22.6 Å². The standard InChI is InChI=1S/C8H3F5INO/c9-3-2(8(16)15-1-14)4(10)6(12)7(13)5(3)11/h1H2,(H,15,16). The molecule has 0 spiro atoms. The highest BCUT2D eigenvalue weighted by Gasteiger charge is 2.29. The summed E-state index contributed by atoms with van der Waals surface area (Å²) < 4.78 is 63.9. The first-order valence-corrected chi connectivity index (χ1v) is 5.30. The van der Waals surface area contributed by atoms with E-state index in [1.807, 2.05) is 5.32 Å². The first-order chi connectivity index (χ1) is 7.41. The van der Waals surface area contributed by atoms with Crippen molar-refractivity contribution in [3.8, 4) is 0 Å². The summed E-state index contributed by atoms with van der Waals surface area (Å²) in [5, 5.41) is 1.93. The Bertz CT molecular complexity index is 422. The third-order valence-corrected chi connectivity index (χ3v) is 2.05. The van der Waals surface area contributed by atoms with Crippen molar-refractivity contribution >= 4 is 28.5 Å². The number of amides is 1. The van der Waals surface area contributed by atoms with Gasteiger partial charge in [0, 0.05) is 0 Å². The molecule has 0 atom stereocenters. The van der Waals surface area contributed by atoms with Gasteiger partial charge in [0.05, 0.1) is 4.55 Å². The predicted molar refractivity (Wildman–Crippen MR) is 52.6 cm³/mol. The molecule has 0 saturated carbocycles. The molecule has 88 valence electrons. The summed E-state index contributed by atoms with van der Waals surface area (Å²) in [6.45, 7) is 0. The number of hydrogen-bond donors (Lipinski definition) is 1. The van der Waals surface area contributed by atoms with Crippen LogP contribution in [0.5, 0.6) is 0 Å². The number of alkyl halides is 1. The van der Waals surface area contributed by atoms with Crippen LogP contribution in [0.4, 0.5) is 22.0 Å². The van der Waals surface area contributed by atoms with Gasteiger partial charge in [0.1, 0.15) is 5.56 Å². The quantitative estimate of drug-likeness (QED) is 0.218. The summed E-state index contributed by atoms with van der Waals surface area (Å²) in [5.74, 6) is -12.2. The number of carbonyl (C=O) groups is 1. The van der Waals surface area contributed by atoms with E-state index in [2.05, 4.69) is 0 Å². The van der Waals surface area contributed by atoms with Gasteiger partial charge in [0.25, 0.3) is 5.91 Å². The summed E-state index contributed by atoms with van der Waals surface area (Å²) in [7, 11) is 0. The van der Waals surface area contributed by atoms with Crippen molar-refractivity contribution in [1.82, 2.24) is 5.32 Å². The van der Waals surface area contributed by atoms with Crippen LogP contribution in [0.2, 0.25) is 0 Å². The highest BCUT2D eigenvalue weighted by Crippen LogP contribution is 2.22. The van der Waals surface area contributed by atoms with Crippen molar-refractivity contribution in [2.45, 2.75) is 0 Å². The molecule has 1 N–H and O–H groups in total. The Morgan fingerprint density at radius 3 is 1.69 bits per heavy atom. The lowest BCUT2D eigenvalue weighted by molar-refractivity contribution is 0.0950. The molecule has 0 radical (unpaired) electrons. The summed E-state index contributed by atoms with van der Waals surface area (Å²) in [6, 6.07) is 0. The van der Waals surface area contributed by atoms with Gasteiger partial charge in [-0.05, 0) is 0 Å². The molecule has 0 saturated heterocycles. The Balaban J connectivity index is 3.45. The monoisotopic (exact) mass is 351 g/mol. The fourth-order valence-corrected chi connectivity index (χ4v) is 1.30. The molecule has 0 unspecified atom stereocenters. The second-order valence-electron chi connectivity index (χ2n) is 2.58. The van der Waals surface area contributed by atoms with Crippen LogP contribution in [0.1, 0.15) is 10.4 Å². The number of halogens is 6. The minimum absolute atomic E-state index is 0.0317. The van der Waals surface area contributed by atoms with E-state index in [-0.39, 0.29) is 4.55 Å². The smallest absolute Gasteiger partial charge is 0.258 e. The Morgan fingerprint density at radius 2 is 1.31 bits per heavy atom. The predicted octanol–water partition coefficient (Wildman–Crippen LogP) is 2.50. The molecule has 8 heteroatoms. The van der Waals surface area contributed by atoms with Gasteiger partial charge in [-0.1, -0.05) is 22.6 Å². The van der Waals surface area contributed by atoms with Crippen LogP contribution in [-0.2, 0) is 0 Å². The van der Waals surface area contributed by atoms with Crippen molar-refractivity contribution in [1.29, 1.82) is 0 Å². The number of benzene rings is 1. The molecule has 2 nitrogen and oxygen atoms in total. The maximum Gasteiger partial charge on any atom is 0.258 e. The lowest BCUT2D eigenvalue weighted by atomic mass is 10.1. The van der Waals surface area contributed by atoms with Crippen LogP contribution in [0, 0.1) is 29.1 Å². The Hall–Kier alpha value is -0.930. The highest BCUT2D eigenvalue weighted by molar-refractivity contribution is 14.1. The summed E-state index contributed by atoms with van der Waals surface area (Å²) >= 11 is 1.64. The van der Waals surface area contributed by atoms with Gasteiger partial charge in [0.2, 0.25) is 5.82 Å². The molecule has 0 aliphatic heterocycles. The lowest BCUT2D eigenvalue weighted by Crippen LogP contribution is -2.25. The van der Waals surface area contributed by atoms with Crippen LogP contribution in [0.3, 0.4) is 0 Å². The Kier molecular flexibility index (Phi) is 4.05. The van der Waals surface area contributed by atoms with E-state index >= 15 is 0 Å². The highest BCUT2D eigenvalue weighted by atomic mass is 127. The topological polar surface area (TPSA) is 29.1 Å². The SMILES string of the molecule is O=C(NCI)c1c(F)c(F)c(F)c(F)c1F. The van der Waals surface area contributed by atoms with Crippen molar-refractivity contribution in [3.63, 3.8) is 0 Å². The molecule has 0 heterocycles. The third-order valence-electron chi connectivity index (χ3n) is 1.66. The zero-order valence-corrected chi connectivity index (χ0v) is 9.54. The van der Waals surface area contributed by atoms with E-state index in [0.29, 0.717) is 0 Å². The van der Waals surface area contributed by atoms with Crippen molar-refractivity contribution in [2.24, 2.45) is 0 Å². The van der Waals surface area contributed by atoms with Gasteiger partial charge in [0.15, 0.2) is 23.3 Å². The molecule has 0 aromatic heterocycles. The molecular weight excluding hydrogens is 348 g/mol. The molecular formula is C8H3F5INO. The molecule has 1 amide bonds. The van der Waals surface area contributed by atoms with Crippen LogP contribution in [-0.4, -0.2) is 10.5 Å². The minimum atomic E-state index is -2.29. The van der Waals surface area contributed by atoms with Crippen molar-refractivity contribution in [2.75, 3.05) is 4.55 Å². The second kappa shape index (κ2) is 4.93. The zero-order valence-electron chi connectivity index (χ0n) is 7.38. The second-order valence-corrected chi connectivity index (χ2v) is 3.35. The van der Waals surface area contributed by atoms with Gasteiger partial charge in [-0.3, -0.25) is 4.79 Å². The molecule has 0 aliphatic rings. The lowest BCUT2D eigenvalue weighted by Gasteiger charge is -2.07. The zero-order chi connectivity index (χ0) is 12.5. The first kappa shape index (κ1) is 13.1.